The maximum absolute atomic E-state index is 2.44. The van der Waals surface area contributed by atoms with Gasteiger partial charge in [-0.3, -0.25) is 0 Å². The summed E-state index contributed by atoms with van der Waals surface area (Å²) in [5, 5.41) is 10.1. The van der Waals surface area contributed by atoms with E-state index in [0.717, 1.165) is 28.4 Å². The molecule has 4 heteroatoms. The van der Waals surface area contributed by atoms with E-state index in [1.54, 1.807) is 0 Å². The van der Waals surface area contributed by atoms with E-state index in [4.69, 9.17) is 0 Å². The Morgan fingerprint density at radius 3 is 1.70 bits per heavy atom. The third-order valence-electron chi connectivity index (χ3n) is 11.5. The summed E-state index contributed by atoms with van der Waals surface area (Å²) < 4.78 is 7.41. The SMILES string of the molecule is c1ccc(-n2c3ccccc3c3cc(N(c4ccc(-n5c6ccccc6c6ccc7ccccc7c65)cc4)c4ccc5c(c4)sc4ccccc45)ccc32)cc1. The van der Waals surface area contributed by atoms with Crippen molar-refractivity contribution in [1.29, 1.82) is 0 Å². The van der Waals surface area contributed by atoms with E-state index < -0.39 is 0 Å². The molecule has 12 rings (SSSR count). The number of aromatic nitrogens is 2. The third kappa shape index (κ3) is 4.63. The predicted octanol–water partition coefficient (Wildman–Crippen LogP) is 14.9. The number of anilines is 3. The van der Waals surface area contributed by atoms with Crippen molar-refractivity contribution in [2.24, 2.45) is 0 Å². The maximum atomic E-state index is 2.44. The molecule has 0 bridgehead atoms. The van der Waals surface area contributed by atoms with Gasteiger partial charge in [0.2, 0.25) is 0 Å². The lowest BCUT2D eigenvalue weighted by Gasteiger charge is -2.26. The molecule has 0 atom stereocenters. The molecule has 0 aliphatic heterocycles. The van der Waals surface area contributed by atoms with Crippen molar-refractivity contribution in [3.63, 3.8) is 0 Å². The van der Waals surface area contributed by atoms with Gasteiger partial charge in [0.15, 0.2) is 0 Å². The summed E-state index contributed by atoms with van der Waals surface area (Å²) in [5.41, 5.74) is 10.5. The van der Waals surface area contributed by atoms with Crippen LogP contribution in [0.1, 0.15) is 0 Å². The molecule has 0 aliphatic rings. The molecule has 3 heterocycles. The molecule has 0 radical (unpaired) electrons. The lowest BCUT2D eigenvalue weighted by molar-refractivity contribution is 1.18. The van der Waals surface area contributed by atoms with Crippen molar-refractivity contribution in [3.8, 4) is 11.4 Å². The van der Waals surface area contributed by atoms with Crippen LogP contribution in [0.2, 0.25) is 0 Å². The summed E-state index contributed by atoms with van der Waals surface area (Å²) in [6.45, 7) is 0. The molecule has 3 aromatic heterocycles. The lowest BCUT2D eigenvalue weighted by atomic mass is 10.1. The monoisotopic (exact) mass is 731 g/mol. The fourth-order valence-electron chi connectivity index (χ4n) is 9.01. The quantitative estimate of drug-likeness (QED) is 0.172. The molecule has 262 valence electrons. The number of thiophene rings is 1. The van der Waals surface area contributed by atoms with Gasteiger partial charge < -0.3 is 14.0 Å². The molecule has 3 nitrogen and oxygen atoms in total. The minimum atomic E-state index is 1.10. The van der Waals surface area contributed by atoms with Crippen LogP contribution in [0, 0.1) is 0 Å². The van der Waals surface area contributed by atoms with E-state index >= 15 is 0 Å². The smallest absolute Gasteiger partial charge is 0.0619 e. The average molecular weight is 732 g/mol. The summed E-state index contributed by atoms with van der Waals surface area (Å²) in [6.07, 6.45) is 0. The first kappa shape index (κ1) is 31.2. The molecular formula is C52H33N3S. The summed E-state index contributed by atoms with van der Waals surface area (Å²) in [4.78, 5) is 2.42. The van der Waals surface area contributed by atoms with Gasteiger partial charge in [0.1, 0.15) is 0 Å². The molecule has 0 saturated heterocycles. The second-order valence-corrected chi connectivity index (χ2v) is 15.6. The van der Waals surface area contributed by atoms with Crippen molar-refractivity contribution >= 4 is 103 Å². The van der Waals surface area contributed by atoms with Crippen LogP contribution in [-0.2, 0) is 0 Å². The molecule has 0 aliphatic carbocycles. The van der Waals surface area contributed by atoms with Crippen molar-refractivity contribution in [2.75, 3.05) is 4.90 Å². The van der Waals surface area contributed by atoms with Crippen LogP contribution in [0.25, 0.3) is 85.9 Å². The van der Waals surface area contributed by atoms with E-state index in [1.165, 1.54) is 74.6 Å². The average Bonchev–Trinajstić information content (AvgIpc) is 3.92. The number of para-hydroxylation sites is 3. The molecule has 56 heavy (non-hydrogen) atoms. The zero-order chi connectivity index (χ0) is 36.7. The van der Waals surface area contributed by atoms with Crippen LogP contribution >= 0.6 is 11.3 Å². The van der Waals surface area contributed by atoms with Gasteiger partial charge in [-0.05, 0) is 90.3 Å². The lowest BCUT2D eigenvalue weighted by Crippen LogP contribution is -2.10. The first-order valence-electron chi connectivity index (χ1n) is 19.1. The van der Waals surface area contributed by atoms with E-state index in [9.17, 15) is 0 Å². The summed E-state index contributed by atoms with van der Waals surface area (Å²) in [5.74, 6) is 0. The molecule has 0 unspecified atom stereocenters. The number of benzene rings is 9. The number of nitrogens with zero attached hydrogens (tertiary/aromatic N) is 3. The molecule has 0 N–H and O–H groups in total. The van der Waals surface area contributed by atoms with Gasteiger partial charge in [-0.1, -0.05) is 115 Å². The maximum Gasteiger partial charge on any atom is 0.0619 e. The Kier molecular flexibility index (Phi) is 6.80. The standard InChI is InChI=1S/C52H33N3S/c1-2-13-35(14-3-1)54-47-19-9-7-17-42(47)46-32-38(28-31-49(46)54)53(39-27-30-44-43-18-8-11-21-50(43)56-51(44)33-39)36-23-25-37(26-24-36)55-48-20-10-6-16-41(48)45-29-22-34-12-4-5-15-40(34)52(45)55/h1-33H. The summed E-state index contributed by atoms with van der Waals surface area (Å²) >= 11 is 1.86. The molecule has 0 spiro atoms. The Morgan fingerprint density at radius 2 is 0.875 bits per heavy atom. The summed E-state index contributed by atoms with van der Waals surface area (Å²) in [6, 6.07) is 73.2. The van der Waals surface area contributed by atoms with Crippen molar-refractivity contribution < 1.29 is 0 Å². The van der Waals surface area contributed by atoms with Crippen molar-refractivity contribution in [3.05, 3.63) is 200 Å². The number of fused-ring (bicyclic) bond motifs is 11. The highest BCUT2D eigenvalue weighted by molar-refractivity contribution is 7.25. The van der Waals surface area contributed by atoms with Gasteiger partial charge in [-0.25, -0.2) is 0 Å². The fraction of sp³-hybridized carbons (Fsp3) is 0. The largest absolute Gasteiger partial charge is 0.310 e. The Hall–Kier alpha value is -7.14. The number of rotatable bonds is 5. The van der Waals surface area contributed by atoms with Crippen LogP contribution in [0.15, 0.2) is 200 Å². The zero-order valence-electron chi connectivity index (χ0n) is 30.3. The number of hydrogen-bond acceptors (Lipinski definition) is 2. The van der Waals surface area contributed by atoms with Crippen LogP contribution in [0.5, 0.6) is 0 Å². The van der Waals surface area contributed by atoms with Gasteiger partial charge in [-0.15, -0.1) is 11.3 Å². The highest BCUT2D eigenvalue weighted by Crippen LogP contribution is 2.44. The van der Waals surface area contributed by atoms with Gasteiger partial charge in [0.25, 0.3) is 0 Å². The first-order valence-corrected chi connectivity index (χ1v) is 19.9. The number of hydrogen-bond donors (Lipinski definition) is 0. The molecule has 0 fully saturated rings. The topological polar surface area (TPSA) is 13.1 Å². The van der Waals surface area contributed by atoms with Crippen molar-refractivity contribution in [1.82, 2.24) is 9.13 Å². The third-order valence-corrected chi connectivity index (χ3v) is 12.6. The second-order valence-electron chi connectivity index (χ2n) is 14.6. The summed E-state index contributed by atoms with van der Waals surface area (Å²) in [7, 11) is 0. The Balaban J connectivity index is 1.07. The molecule has 0 amide bonds. The second kappa shape index (κ2) is 12.2. The zero-order valence-corrected chi connectivity index (χ0v) is 31.1. The van der Waals surface area contributed by atoms with Crippen LogP contribution in [-0.4, -0.2) is 9.13 Å². The predicted molar refractivity (Wildman–Crippen MR) is 240 cm³/mol. The van der Waals surface area contributed by atoms with Gasteiger partial charge in [-0.2, -0.15) is 0 Å². The van der Waals surface area contributed by atoms with Crippen LogP contribution < -0.4 is 4.90 Å². The van der Waals surface area contributed by atoms with Crippen LogP contribution in [0.4, 0.5) is 17.1 Å². The molecule has 9 aromatic carbocycles. The van der Waals surface area contributed by atoms with E-state index in [-0.39, 0.29) is 0 Å². The highest BCUT2D eigenvalue weighted by Gasteiger charge is 2.20. The Bertz CT molecular complexity index is 3480. The Labute approximate surface area is 327 Å². The van der Waals surface area contributed by atoms with Gasteiger partial charge in [0, 0.05) is 75.5 Å². The van der Waals surface area contributed by atoms with Crippen molar-refractivity contribution in [2.45, 2.75) is 0 Å². The first-order chi connectivity index (χ1) is 27.8. The molecular weight excluding hydrogens is 699 g/mol. The fourth-order valence-corrected chi connectivity index (χ4v) is 10.1. The molecule has 0 saturated carbocycles. The van der Waals surface area contributed by atoms with Gasteiger partial charge in [0.05, 0.1) is 22.1 Å². The normalized spacial score (nSPS) is 11.9. The van der Waals surface area contributed by atoms with Gasteiger partial charge >= 0.3 is 0 Å². The molecule has 12 aromatic rings. The van der Waals surface area contributed by atoms with E-state index in [0.29, 0.717) is 0 Å². The van der Waals surface area contributed by atoms with Crippen LogP contribution in [0.3, 0.4) is 0 Å². The van der Waals surface area contributed by atoms with E-state index in [1.807, 2.05) is 11.3 Å². The minimum absolute atomic E-state index is 1.10. The van der Waals surface area contributed by atoms with E-state index in [2.05, 4.69) is 214 Å². The Morgan fingerprint density at radius 1 is 0.321 bits per heavy atom. The highest BCUT2D eigenvalue weighted by atomic mass is 32.1. The minimum Gasteiger partial charge on any atom is -0.310 e.